The number of hydrogen-bond acceptors (Lipinski definition) is 7. The van der Waals surface area contributed by atoms with Gasteiger partial charge in [0.1, 0.15) is 5.56 Å². The molecule has 0 saturated carbocycles. The van der Waals surface area contributed by atoms with Gasteiger partial charge in [0.2, 0.25) is 5.88 Å². The highest BCUT2D eigenvalue weighted by Gasteiger charge is 2.26. The molecule has 0 saturated heterocycles. The van der Waals surface area contributed by atoms with Gasteiger partial charge in [-0.05, 0) is 17.8 Å². The van der Waals surface area contributed by atoms with Crippen LogP contribution in [0.4, 0.5) is 5.69 Å². The first-order valence-corrected chi connectivity index (χ1v) is 7.38. The molecular formula is C14H13N5O4S. The average molecular weight is 347 g/mol. The molecule has 1 aliphatic rings. The van der Waals surface area contributed by atoms with Crippen LogP contribution in [0.15, 0.2) is 34.2 Å². The Morgan fingerprint density at radius 2 is 2.08 bits per heavy atom. The number of nitrogens with one attached hydrogen (secondary N) is 2. The summed E-state index contributed by atoms with van der Waals surface area (Å²) in [5, 5.41) is 25.0. The Labute approximate surface area is 140 Å². The molecule has 0 amide bonds. The van der Waals surface area contributed by atoms with E-state index in [-0.39, 0.29) is 27.9 Å². The van der Waals surface area contributed by atoms with Crippen LogP contribution in [0.2, 0.25) is 0 Å². The van der Waals surface area contributed by atoms with Crippen molar-refractivity contribution < 1.29 is 10.0 Å². The molecule has 10 heteroatoms. The van der Waals surface area contributed by atoms with E-state index in [9.17, 15) is 20.0 Å². The van der Waals surface area contributed by atoms with E-state index in [1.165, 1.54) is 23.7 Å². The number of benzene rings is 1. The van der Waals surface area contributed by atoms with Crippen molar-refractivity contribution in [3.05, 3.63) is 60.6 Å². The minimum atomic E-state index is -0.513. The lowest BCUT2D eigenvalue weighted by atomic mass is 10.00. The Bertz CT molecular complexity index is 961. The van der Waals surface area contributed by atoms with Crippen molar-refractivity contribution in [2.45, 2.75) is 12.5 Å². The molecule has 2 aromatic rings. The zero-order chi connectivity index (χ0) is 17.4. The molecule has 24 heavy (non-hydrogen) atoms. The molecule has 1 unspecified atom stereocenters. The van der Waals surface area contributed by atoms with E-state index in [1.807, 2.05) is 0 Å². The lowest BCUT2D eigenvalue weighted by molar-refractivity contribution is -0.384. The number of H-pyrrole nitrogens is 1. The van der Waals surface area contributed by atoms with Gasteiger partial charge in [-0.2, -0.15) is 5.10 Å². The van der Waals surface area contributed by atoms with Crippen molar-refractivity contribution in [3.63, 3.8) is 0 Å². The Morgan fingerprint density at radius 1 is 1.42 bits per heavy atom. The van der Waals surface area contributed by atoms with Crippen LogP contribution in [0.3, 0.4) is 0 Å². The largest absolute Gasteiger partial charge is 0.494 e. The lowest BCUT2D eigenvalue weighted by Crippen LogP contribution is -2.21. The van der Waals surface area contributed by atoms with E-state index in [4.69, 9.17) is 12.2 Å². The number of aromatic amines is 1. The van der Waals surface area contributed by atoms with E-state index in [2.05, 4.69) is 15.5 Å². The summed E-state index contributed by atoms with van der Waals surface area (Å²) in [5.41, 5.74) is 3.61. The van der Waals surface area contributed by atoms with Gasteiger partial charge in [-0.1, -0.05) is 12.1 Å². The summed E-state index contributed by atoms with van der Waals surface area (Å²) in [6, 6.07) is 5.83. The number of rotatable bonds is 3. The van der Waals surface area contributed by atoms with Crippen LogP contribution in [0, 0.1) is 14.9 Å². The molecular weight excluding hydrogens is 334 g/mol. The zero-order valence-electron chi connectivity index (χ0n) is 12.5. The first-order chi connectivity index (χ1) is 11.4. The third-order valence-corrected chi connectivity index (χ3v) is 4.22. The number of aromatic hydroxyl groups is 1. The highest BCUT2D eigenvalue weighted by atomic mass is 32.1. The van der Waals surface area contributed by atoms with Crippen molar-refractivity contribution >= 4 is 23.6 Å². The van der Waals surface area contributed by atoms with Gasteiger partial charge in [0, 0.05) is 25.6 Å². The minimum Gasteiger partial charge on any atom is -0.494 e. The fourth-order valence-electron chi connectivity index (χ4n) is 2.49. The molecule has 1 aromatic heterocycles. The van der Waals surface area contributed by atoms with Crippen LogP contribution in [-0.2, 0) is 7.05 Å². The second kappa shape index (κ2) is 5.89. The third kappa shape index (κ3) is 2.67. The number of non-ortho nitro benzene ring substituents is 1. The van der Waals surface area contributed by atoms with Gasteiger partial charge < -0.3 is 10.5 Å². The molecule has 2 heterocycles. The molecule has 0 spiro atoms. The molecule has 0 radical (unpaired) electrons. The first kappa shape index (κ1) is 15.9. The maximum absolute atomic E-state index is 12.1. The van der Waals surface area contributed by atoms with Crippen LogP contribution in [0.25, 0.3) is 0 Å². The molecule has 1 atom stereocenters. The van der Waals surface area contributed by atoms with Gasteiger partial charge in [0.05, 0.1) is 16.7 Å². The topological polar surface area (TPSA) is 126 Å². The van der Waals surface area contributed by atoms with Gasteiger partial charge >= 0.3 is 0 Å². The number of nitro benzene ring substituents is 1. The molecule has 3 rings (SSSR count). The third-order valence-electron chi connectivity index (χ3n) is 3.84. The summed E-state index contributed by atoms with van der Waals surface area (Å²) in [4.78, 5) is 24.8. The van der Waals surface area contributed by atoms with Crippen LogP contribution in [0.5, 0.6) is 5.88 Å². The Morgan fingerprint density at radius 3 is 2.71 bits per heavy atom. The quantitative estimate of drug-likeness (QED) is 0.439. The molecule has 0 aliphatic carbocycles. The van der Waals surface area contributed by atoms with Crippen LogP contribution >= 0.6 is 12.2 Å². The second-order valence-corrected chi connectivity index (χ2v) is 5.70. The van der Waals surface area contributed by atoms with Crippen LogP contribution in [-0.4, -0.2) is 25.3 Å². The average Bonchev–Trinajstić information content (AvgIpc) is 3.02. The number of nitro groups is 1. The Hall–Kier alpha value is -3.01. The molecule has 3 N–H and O–H groups in total. The van der Waals surface area contributed by atoms with Crippen molar-refractivity contribution in [1.29, 1.82) is 0 Å². The Balaban J connectivity index is 1.88. The van der Waals surface area contributed by atoms with Gasteiger partial charge in [-0.3, -0.25) is 24.5 Å². The van der Waals surface area contributed by atoms with Gasteiger partial charge in [0.15, 0.2) is 4.77 Å². The van der Waals surface area contributed by atoms with Crippen LogP contribution in [0.1, 0.15) is 23.6 Å². The smallest absolute Gasteiger partial charge is 0.269 e. The van der Waals surface area contributed by atoms with Crippen LogP contribution < -0.4 is 11.0 Å². The summed E-state index contributed by atoms with van der Waals surface area (Å²) >= 11 is 4.93. The molecule has 0 fully saturated rings. The monoisotopic (exact) mass is 347 g/mol. The fourth-order valence-corrected chi connectivity index (χ4v) is 2.67. The van der Waals surface area contributed by atoms with Gasteiger partial charge in [-0.25, -0.2) is 0 Å². The maximum atomic E-state index is 12.1. The molecule has 1 aliphatic heterocycles. The number of hydrazone groups is 1. The highest BCUT2D eigenvalue weighted by molar-refractivity contribution is 7.71. The minimum absolute atomic E-state index is 0.0000343. The summed E-state index contributed by atoms with van der Waals surface area (Å²) in [5.74, 6) is -0.256. The second-order valence-electron chi connectivity index (χ2n) is 5.31. The predicted octanol–water partition coefficient (Wildman–Crippen LogP) is 1.50. The van der Waals surface area contributed by atoms with E-state index >= 15 is 0 Å². The summed E-state index contributed by atoms with van der Waals surface area (Å²) in [6.07, 6.45) is 0.352. The summed E-state index contributed by atoms with van der Waals surface area (Å²) < 4.78 is 1.40. The molecule has 1 aromatic carbocycles. The number of aromatic nitrogens is 2. The summed E-state index contributed by atoms with van der Waals surface area (Å²) in [6.45, 7) is 0. The standard InChI is InChI=1S/C14H13N5O4S/c1-18-13(21)11(12(20)15-14(18)24)10-6-9(16-17-10)7-2-4-8(5-3-7)19(22)23/h2-5,9,16,21H,6H2,1H3,(H,15,20,24). The highest BCUT2D eigenvalue weighted by Crippen LogP contribution is 2.27. The molecule has 124 valence electrons. The first-order valence-electron chi connectivity index (χ1n) is 6.97. The predicted molar refractivity (Wildman–Crippen MR) is 88.7 cm³/mol. The van der Waals surface area contributed by atoms with Crippen molar-refractivity contribution in [1.82, 2.24) is 15.0 Å². The Kier molecular flexibility index (Phi) is 3.89. The SMILES string of the molecule is Cn1c(O)c(C2=NNC(c3ccc([N+](=O)[O-])cc3)C2)c(=O)[nH]c1=S. The number of hydrogen-bond donors (Lipinski definition) is 3. The fraction of sp³-hybridized carbons (Fsp3) is 0.214. The van der Waals surface area contributed by atoms with E-state index in [0.29, 0.717) is 12.1 Å². The number of nitrogens with zero attached hydrogens (tertiary/aromatic N) is 3. The van der Waals surface area contributed by atoms with E-state index in [1.54, 1.807) is 12.1 Å². The van der Waals surface area contributed by atoms with Gasteiger partial charge in [-0.15, -0.1) is 0 Å². The summed E-state index contributed by atoms with van der Waals surface area (Å²) in [7, 11) is 1.54. The maximum Gasteiger partial charge on any atom is 0.269 e. The molecule has 0 bridgehead atoms. The van der Waals surface area contributed by atoms with Crippen molar-refractivity contribution in [2.75, 3.05) is 0 Å². The zero-order valence-corrected chi connectivity index (χ0v) is 13.3. The van der Waals surface area contributed by atoms with E-state index in [0.717, 1.165) is 5.56 Å². The lowest BCUT2D eigenvalue weighted by Gasteiger charge is -2.10. The van der Waals surface area contributed by atoms with Gasteiger partial charge in [0.25, 0.3) is 11.2 Å². The molecule has 9 nitrogen and oxygen atoms in total. The van der Waals surface area contributed by atoms with E-state index < -0.39 is 10.5 Å². The normalized spacial score (nSPS) is 16.5. The van der Waals surface area contributed by atoms with Crippen molar-refractivity contribution in [2.24, 2.45) is 12.1 Å². The van der Waals surface area contributed by atoms with Crippen molar-refractivity contribution in [3.8, 4) is 5.88 Å².